The van der Waals surface area contributed by atoms with Gasteiger partial charge in [-0.2, -0.15) is 0 Å². The highest BCUT2D eigenvalue weighted by Crippen LogP contribution is 2.32. The monoisotopic (exact) mass is 243 g/mol. The van der Waals surface area contributed by atoms with Gasteiger partial charge in [0.1, 0.15) is 17.2 Å². The van der Waals surface area contributed by atoms with Gasteiger partial charge >= 0.3 is 0 Å². The summed E-state index contributed by atoms with van der Waals surface area (Å²) in [5, 5.41) is 2.96. The molecule has 0 N–H and O–H groups in total. The molecule has 0 amide bonds. The minimum atomic E-state index is 0.297. The van der Waals surface area contributed by atoms with Crippen LogP contribution in [0.2, 0.25) is 0 Å². The molecule has 0 bridgehead atoms. The molecule has 0 unspecified atom stereocenters. The zero-order chi connectivity index (χ0) is 13.0. The second-order valence-electron chi connectivity index (χ2n) is 3.71. The molecule has 0 radical (unpaired) electrons. The molecule has 92 valence electrons. The SMILES string of the molecule is COc1ccc(-c2ccc(OC)c(N=O)c2)cc1. The standard InChI is InChI=1S/C14H13NO3/c1-17-12-6-3-10(4-7-12)11-5-8-14(18-2)13(9-11)15-16/h3-9H,1-2H3. The summed E-state index contributed by atoms with van der Waals surface area (Å²) in [5.74, 6) is 1.27. The van der Waals surface area contributed by atoms with Crippen molar-refractivity contribution in [3.63, 3.8) is 0 Å². The number of ether oxygens (including phenoxy) is 2. The van der Waals surface area contributed by atoms with E-state index >= 15 is 0 Å². The van der Waals surface area contributed by atoms with Gasteiger partial charge in [0, 0.05) is 0 Å². The third-order valence-corrected chi connectivity index (χ3v) is 2.70. The highest BCUT2D eigenvalue weighted by molar-refractivity contribution is 5.70. The lowest BCUT2D eigenvalue weighted by molar-refractivity contribution is 0.415. The summed E-state index contributed by atoms with van der Waals surface area (Å²) in [4.78, 5) is 10.7. The first-order valence-electron chi connectivity index (χ1n) is 5.44. The number of nitroso groups, excluding NO2 is 1. The van der Waals surface area contributed by atoms with Crippen LogP contribution in [0, 0.1) is 4.91 Å². The number of hydrogen-bond acceptors (Lipinski definition) is 4. The molecule has 0 aromatic heterocycles. The second kappa shape index (κ2) is 5.31. The van der Waals surface area contributed by atoms with E-state index in [4.69, 9.17) is 9.47 Å². The van der Waals surface area contributed by atoms with Crippen molar-refractivity contribution >= 4 is 5.69 Å². The zero-order valence-corrected chi connectivity index (χ0v) is 10.2. The summed E-state index contributed by atoms with van der Waals surface area (Å²) in [6, 6.07) is 12.9. The first-order chi connectivity index (χ1) is 8.78. The molecular formula is C14H13NO3. The Morgan fingerprint density at radius 3 is 2.11 bits per heavy atom. The van der Waals surface area contributed by atoms with Crippen LogP contribution in [0.5, 0.6) is 11.5 Å². The van der Waals surface area contributed by atoms with Crippen LogP contribution in [0.1, 0.15) is 0 Å². The Balaban J connectivity index is 2.40. The van der Waals surface area contributed by atoms with Gasteiger partial charge in [-0.15, -0.1) is 4.91 Å². The van der Waals surface area contributed by atoms with Crippen molar-refractivity contribution < 1.29 is 9.47 Å². The van der Waals surface area contributed by atoms with E-state index in [2.05, 4.69) is 5.18 Å². The summed E-state index contributed by atoms with van der Waals surface area (Å²) < 4.78 is 10.1. The maximum atomic E-state index is 10.7. The van der Waals surface area contributed by atoms with E-state index < -0.39 is 0 Å². The normalized spacial score (nSPS) is 9.89. The number of hydrogen-bond donors (Lipinski definition) is 0. The van der Waals surface area contributed by atoms with Crippen LogP contribution >= 0.6 is 0 Å². The van der Waals surface area contributed by atoms with Crippen molar-refractivity contribution in [1.82, 2.24) is 0 Å². The molecular weight excluding hydrogens is 230 g/mol. The lowest BCUT2D eigenvalue weighted by atomic mass is 10.0. The first kappa shape index (κ1) is 12.1. The Labute approximate surface area is 105 Å². The van der Waals surface area contributed by atoms with Crippen LogP contribution in [0.25, 0.3) is 11.1 Å². The molecule has 0 fully saturated rings. The fourth-order valence-electron chi connectivity index (χ4n) is 1.72. The molecule has 2 rings (SSSR count). The Bertz CT molecular complexity index is 549. The predicted molar refractivity (Wildman–Crippen MR) is 70.4 cm³/mol. The van der Waals surface area contributed by atoms with Crippen LogP contribution in [-0.2, 0) is 0 Å². The lowest BCUT2D eigenvalue weighted by Crippen LogP contribution is -1.85. The Morgan fingerprint density at radius 1 is 0.889 bits per heavy atom. The van der Waals surface area contributed by atoms with E-state index in [9.17, 15) is 4.91 Å². The summed E-state index contributed by atoms with van der Waals surface area (Å²) >= 11 is 0. The molecule has 0 spiro atoms. The molecule has 4 nitrogen and oxygen atoms in total. The number of methoxy groups -OCH3 is 2. The number of nitrogens with zero attached hydrogens (tertiary/aromatic N) is 1. The van der Waals surface area contributed by atoms with Crippen LogP contribution in [0.3, 0.4) is 0 Å². The van der Waals surface area contributed by atoms with Crippen molar-refractivity contribution in [2.75, 3.05) is 14.2 Å². The third kappa shape index (κ3) is 2.32. The summed E-state index contributed by atoms with van der Waals surface area (Å²) in [6.07, 6.45) is 0. The molecule has 0 atom stereocenters. The van der Waals surface area contributed by atoms with Gasteiger partial charge in [-0.25, -0.2) is 0 Å². The molecule has 0 aliphatic heterocycles. The van der Waals surface area contributed by atoms with Gasteiger partial charge in [0.05, 0.1) is 14.2 Å². The van der Waals surface area contributed by atoms with Crippen molar-refractivity contribution in [2.45, 2.75) is 0 Å². The van der Waals surface area contributed by atoms with Crippen molar-refractivity contribution in [3.05, 3.63) is 47.4 Å². The molecule has 18 heavy (non-hydrogen) atoms. The quantitative estimate of drug-likeness (QED) is 0.768. The molecule has 2 aromatic carbocycles. The second-order valence-corrected chi connectivity index (χ2v) is 3.71. The van der Waals surface area contributed by atoms with E-state index in [1.54, 1.807) is 19.2 Å². The molecule has 4 heteroatoms. The van der Waals surface area contributed by atoms with Crippen molar-refractivity contribution in [3.8, 4) is 22.6 Å². The summed E-state index contributed by atoms with van der Waals surface area (Å²) in [7, 11) is 3.13. The van der Waals surface area contributed by atoms with Gasteiger partial charge in [-0.3, -0.25) is 0 Å². The van der Waals surface area contributed by atoms with Crippen LogP contribution in [-0.4, -0.2) is 14.2 Å². The van der Waals surface area contributed by atoms with Crippen LogP contribution in [0.15, 0.2) is 47.6 Å². The molecule has 0 heterocycles. The Hall–Kier alpha value is -2.36. The largest absolute Gasteiger partial charge is 0.497 e. The van der Waals surface area contributed by atoms with E-state index in [1.165, 1.54) is 7.11 Å². The highest BCUT2D eigenvalue weighted by Gasteiger charge is 2.06. The molecule has 0 saturated heterocycles. The van der Waals surface area contributed by atoms with E-state index in [0.717, 1.165) is 16.9 Å². The van der Waals surface area contributed by atoms with Gasteiger partial charge in [0.2, 0.25) is 0 Å². The Morgan fingerprint density at radius 2 is 1.56 bits per heavy atom. The number of benzene rings is 2. The summed E-state index contributed by atoms with van der Waals surface area (Å²) in [5.41, 5.74) is 2.20. The van der Waals surface area contributed by atoms with Gasteiger partial charge in [-0.1, -0.05) is 18.2 Å². The Kier molecular flexibility index (Phi) is 3.57. The zero-order valence-electron chi connectivity index (χ0n) is 10.2. The molecule has 0 aliphatic rings. The average Bonchev–Trinajstić information content (AvgIpc) is 2.46. The van der Waals surface area contributed by atoms with E-state index in [1.807, 2.05) is 30.3 Å². The van der Waals surface area contributed by atoms with Gasteiger partial charge < -0.3 is 9.47 Å². The maximum absolute atomic E-state index is 10.7. The highest BCUT2D eigenvalue weighted by atomic mass is 16.5. The van der Waals surface area contributed by atoms with Crippen molar-refractivity contribution in [1.29, 1.82) is 0 Å². The summed E-state index contributed by atoms with van der Waals surface area (Å²) in [6.45, 7) is 0. The van der Waals surface area contributed by atoms with Crippen LogP contribution in [0.4, 0.5) is 5.69 Å². The van der Waals surface area contributed by atoms with Crippen molar-refractivity contribution in [2.24, 2.45) is 5.18 Å². The molecule has 2 aromatic rings. The fourth-order valence-corrected chi connectivity index (χ4v) is 1.72. The molecule has 0 aliphatic carbocycles. The van der Waals surface area contributed by atoms with Gasteiger partial charge in [0.15, 0.2) is 0 Å². The van der Waals surface area contributed by atoms with Crippen LogP contribution < -0.4 is 9.47 Å². The van der Waals surface area contributed by atoms with E-state index in [-0.39, 0.29) is 0 Å². The lowest BCUT2D eigenvalue weighted by Gasteiger charge is -2.06. The fraction of sp³-hybridized carbons (Fsp3) is 0.143. The third-order valence-electron chi connectivity index (χ3n) is 2.70. The average molecular weight is 243 g/mol. The predicted octanol–water partition coefficient (Wildman–Crippen LogP) is 3.77. The molecule has 0 saturated carbocycles. The van der Waals surface area contributed by atoms with E-state index in [0.29, 0.717) is 11.4 Å². The van der Waals surface area contributed by atoms with Gasteiger partial charge in [-0.05, 0) is 40.6 Å². The first-order valence-corrected chi connectivity index (χ1v) is 5.44. The smallest absolute Gasteiger partial charge is 0.150 e. The van der Waals surface area contributed by atoms with Gasteiger partial charge in [0.25, 0.3) is 0 Å². The number of rotatable bonds is 4. The minimum absolute atomic E-state index is 0.297. The topological polar surface area (TPSA) is 47.9 Å². The minimum Gasteiger partial charge on any atom is -0.497 e. The maximum Gasteiger partial charge on any atom is 0.150 e.